The Labute approximate surface area is 198 Å². The number of hydrogen-bond acceptors (Lipinski definition) is 7. The number of aliphatic hydroxyl groups excluding tert-OH is 1. The molecule has 3 heterocycles. The molecule has 2 amide bonds. The van der Waals surface area contributed by atoms with E-state index in [4.69, 9.17) is 4.74 Å². The van der Waals surface area contributed by atoms with E-state index in [1.165, 1.54) is 17.2 Å². The van der Waals surface area contributed by atoms with Gasteiger partial charge in [0.25, 0.3) is 0 Å². The number of piperidine rings is 1. The van der Waals surface area contributed by atoms with Crippen LogP contribution >= 0.6 is 0 Å². The number of likely N-dealkylation sites (tertiary alicyclic amines) is 1. The fourth-order valence-electron chi connectivity index (χ4n) is 3.71. The quantitative estimate of drug-likeness (QED) is 0.499. The van der Waals surface area contributed by atoms with Crippen molar-refractivity contribution in [3.05, 3.63) is 72.1 Å². The molecule has 1 aromatic carbocycles. The van der Waals surface area contributed by atoms with Crippen molar-refractivity contribution < 1.29 is 32.9 Å². The van der Waals surface area contributed by atoms with E-state index in [2.05, 4.69) is 20.5 Å². The number of aliphatic hydroxyl groups is 2. The molecule has 0 spiro atoms. The van der Waals surface area contributed by atoms with E-state index in [9.17, 15) is 28.2 Å². The molecule has 4 rings (SSSR count). The number of pyridine rings is 1. The monoisotopic (exact) mass is 489 g/mol. The fraction of sp³-hybridized carbons (Fsp3) is 0.304. The summed E-state index contributed by atoms with van der Waals surface area (Å²) < 4.78 is 43.6. The highest BCUT2D eigenvalue weighted by Crippen LogP contribution is 2.37. The molecule has 9 nitrogen and oxygen atoms in total. The first-order valence-electron chi connectivity index (χ1n) is 10.7. The fourth-order valence-corrected chi connectivity index (χ4v) is 3.71. The lowest BCUT2D eigenvalue weighted by Gasteiger charge is -2.41. The SMILES string of the molecule is O=C(Nc1cccnn1)N1CCC(O)(C(O)c2cccc(Oc3ccc(C(F)(F)F)cn3)c2)CC1. The van der Waals surface area contributed by atoms with Crippen LogP contribution in [0.25, 0.3) is 0 Å². The van der Waals surface area contributed by atoms with E-state index in [0.717, 1.165) is 12.1 Å². The molecular weight excluding hydrogens is 467 g/mol. The van der Waals surface area contributed by atoms with E-state index in [1.807, 2.05) is 0 Å². The molecule has 0 aliphatic carbocycles. The molecule has 12 heteroatoms. The summed E-state index contributed by atoms with van der Waals surface area (Å²) in [6, 6.07) is 11.0. The van der Waals surface area contributed by atoms with Crippen LogP contribution in [0.1, 0.15) is 30.1 Å². The summed E-state index contributed by atoms with van der Waals surface area (Å²) in [5.41, 5.74) is -2.03. The number of aromatic nitrogens is 3. The number of nitrogens with zero attached hydrogens (tertiary/aromatic N) is 4. The average Bonchev–Trinajstić information content (AvgIpc) is 2.84. The predicted octanol–water partition coefficient (Wildman–Crippen LogP) is 3.78. The molecule has 1 aliphatic heterocycles. The Morgan fingerprint density at radius 2 is 1.91 bits per heavy atom. The van der Waals surface area contributed by atoms with Gasteiger partial charge in [0.2, 0.25) is 5.88 Å². The van der Waals surface area contributed by atoms with Crippen LogP contribution in [0.4, 0.5) is 23.8 Å². The summed E-state index contributed by atoms with van der Waals surface area (Å²) in [7, 11) is 0. The largest absolute Gasteiger partial charge is 0.439 e. The highest BCUT2D eigenvalue weighted by molar-refractivity contribution is 5.88. The predicted molar refractivity (Wildman–Crippen MR) is 118 cm³/mol. The minimum absolute atomic E-state index is 0.0502. The van der Waals surface area contributed by atoms with Gasteiger partial charge in [-0.05, 0) is 48.7 Å². The molecule has 1 atom stereocenters. The number of urea groups is 1. The van der Waals surface area contributed by atoms with Crippen LogP contribution in [0.15, 0.2) is 60.9 Å². The second-order valence-electron chi connectivity index (χ2n) is 8.09. The van der Waals surface area contributed by atoms with E-state index in [-0.39, 0.29) is 43.6 Å². The lowest BCUT2D eigenvalue weighted by Crippen LogP contribution is -2.50. The van der Waals surface area contributed by atoms with E-state index < -0.39 is 23.4 Å². The van der Waals surface area contributed by atoms with Gasteiger partial charge in [-0.2, -0.15) is 18.3 Å². The summed E-state index contributed by atoms with van der Waals surface area (Å²) in [5, 5.41) is 32.1. The number of anilines is 1. The number of hydrogen-bond donors (Lipinski definition) is 3. The zero-order chi connectivity index (χ0) is 25.1. The maximum atomic E-state index is 12.7. The van der Waals surface area contributed by atoms with Gasteiger partial charge < -0.3 is 19.8 Å². The van der Waals surface area contributed by atoms with Crippen molar-refractivity contribution in [2.45, 2.75) is 30.7 Å². The number of rotatable bonds is 5. The van der Waals surface area contributed by atoms with Gasteiger partial charge in [-0.15, -0.1) is 5.10 Å². The number of nitrogens with one attached hydrogen (secondary N) is 1. The number of ether oxygens (including phenoxy) is 1. The molecule has 1 saturated heterocycles. The van der Waals surface area contributed by atoms with Crippen molar-refractivity contribution >= 4 is 11.8 Å². The highest BCUT2D eigenvalue weighted by atomic mass is 19.4. The molecule has 2 aromatic heterocycles. The standard InChI is InChI=1S/C23H22F3N5O4/c24-23(25,26)16-6-7-19(27-14-16)35-17-4-1-3-15(13-17)20(32)22(34)8-11-31(12-9-22)21(33)29-18-5-2-10-28-30-18/h1-7,10,13-14,20,32,34H,8-9,11-12H2,(H,29,30,33). The highest BCUT2D eigenvalue weighted by Gasteiger charge is 2.41. The molecule has 0 bridgehead atoms. The zero-order valence-electron chi connectivity index (χ0n) is 18.3. The van der Waals surface area contributed by atoms with Crippen LogP contribution in [0.5, 0.6) is 11.6 Å². The van der Waals surface area contributed by atoms with Crippen molar-refractivity contribution in [1.82, 2.24) is 20.1 Å². The number of amides is 2. The van der Waals surface area contributed by atoms with Crippen molar-refractivity contribution in [1.29, 1.82) is 0 Å². The Bertz CT molecular complexity index is 1150. The Morgan fingerprint density at radius 1 is 1.14 bits per heavy atom. The normalized spacial score (nSPS) is 16.4. The van der Waals surface area contributed by atoms with Gasteiger partial charge in [0.1, 0.15) is 11.9 Å². The van der Waals surface area contributed by atoms with Crippen LogP contribution in [-0.4, -0.2) is 55.0 Å². The summed E-state index contributed by atoms with van der Waals surface area (Å²) in [6.45, 7) is 0.399. The number of carbonyl (C=O) groups excluding carboxylic acids is 1. The van der Waals surface area contributed by atoms with Gasteiger partial charge in [-0.25, -0.2) is 9.78 Å². The molecule has 3 N–H and O–H groups in total. The lowest BCUT2D eigenvalue weighted by atomic mass is 9.82. The Morgan fingerprint density at radius 3 is 2.54 bits per heavy atom. The van der Waals surface area contributed by atoms with Crippen LogP contribution in [0, 0.1) is 0 Å². The molecule has 0 saturated carbocycles. The van der Waals surface area contributed by atoms with E-state index >= 15 is 0 Å². The van der Waals surface area contributed by atoms with Crippen molar-refractivity contribution in [3.63, 3.8) is 0 Å². The molecule has 0 radical (unpaired) electrons. The van der Waals surface area contributed by atoms with Crippen molar-refractivity contribution in [3.8, 4) is 11.6 Å². The van der Waals surface area contributed by atoms with Crippen LogP contribution < -0.4 is 10.1 Å². The molecule has 184 valence electrons. The second-order valence-corrected chi connectivity index (χ2v) is 8.09. The van der Waals surface area contributed by atoms with Gasteiger partial charge in [-0.1, -0.05) is 12.1 Å². The molecule has 1 unspecified atom stereocenters. The smallest absolute Gasteiger partial charge is 0.417 e. The van der Waals surface area contributed by atoms with Gasteiger partial charge in [0, 0.05) is 31.5 Å². The molecule has 1 fully saturated rings. The van der Waals surface area contributed by atoms with Crippen LogP contribution in [-0.2, 0) is 6.18 Å². The maximum Gasteiger partial charge on any atom is 0.417 e. The Kier molecular flexibility index (Phi) is 6.85. The molecule has 1 aliphatic rings. The Hall–Kier alpha value is -3.77. The zero-order valence-corrected chi connectivity index (χ0v) is 18.3. The van der Waals surface area contributed by atoms with Gasteiger partial charge in [-0.3, -0.25) is 5.32 Å². The van der Waals surface area contributed by atoms with Crippen molar-refractivity contribution in [2.75, 3.05) is 18.4 Å². The lowest BCUT2D eigenvalue weighted by molar-refractivity contribution is -0.137. The Balaban J connectivity index is 1.38. The third-order valence-electron chi connectivity index (χ3n) is 5.69. The number of benzene rings is 1. The first-order valence-corrected chi connectivity index (χ1v) is 10.7. The topological polar surface area (TPSA) is 121 Å². The number of halogens is 3. The maximum absolute atomic E-state index is 12.7. The third kappa shape index (κ3) is 5.84. The number of carbonyl (C=O) groups is 1. The minimum Gasteiger partial charge on any atom is -0.439 e. The molecular formula is C23H22F3N5O4. The molecule has 35 heavy (non-hydrogen) atoms. The average molecular weight is 489 g/mol. The summed E-state index contributed by atoms with van der Waals surface area (Å²) in [5.74, 6) is 0.488. The second kappa shape index (κ2) is 9.84. The van der Waals surface area contributed by atoms with Gasteiger partial charge in [0.15, 0.2) is 5.82 Å². The summed E-state index contributed by atoms with van der Waals surface area (Å²) >= 11 is 0. The van der Waals surface area contributed by atoms with Crippen LogP contribution in [0.2, 0.25) is 0 Å². The third-order valence-corrected chi connectivity index (χ3v) is 5.69. The molecule has 3 aromatic rings. The summed E-state index contributed by atoms with van der Waals surface area (Å²) in [4.78, 5) is 17.6. The minimum atomic E-state index is -4.50. The first-order chi connectivity index (χ1) is 16.6. The first kappa shape index (κ1) is 24.4. The number of alkyl halides is 3. The van der Waals surface area contributed by atoms with Crippen LogP contribution in [0.3, 0.4) is 0 Å². The van der Waals surface area contributed by atoms with Gasteiger partial charge in [0.05, 0.1) is 11.2 Å². The van der Waals surface area contributed by atoms with Crippen molar-refractivity contribution in [2.24, 2.45) is 0 Å². The summed E-state index contributed by atoms with van der Waals surface area (Å²) in [6.07, 6.45) is -3.39. The van der Waals surface area contributed by atoms with E-state index in [1.54, 1.807) is 30.3 Å². The van der Waals surface area contributed by atoms with Gasteiger partial charge >= 0.3 is 12.2 Å². The van der Waals surface area contributed by atoms with E-state index in [0.29, 0.717) is 17.6 Å².